The maximum atomic E-state index is 11.1. The van der Waals surface area contributed by atoms with Gasteiger partial charge in [-0.25, -0.2) is 0 Å². The van der Waals surface area contributed by atoms with Crippen LogP contribution in [0.5, 0.6) is 0 Å². The van der Waals surface area contributed by atoms with Crippen LogP contribution in [-0.2, 0) is 4.79 Å². The van der Waals surface area contributed by atoms with Crippen molar-refractivity contribution in [1.29, 1.82) is 0 Å². The maximum Gasteiger partial charge on any atom is 0.219 e. The lowest BCUT2D eigenvalue weighted by Gasteiger charge is -2.21. The first-order valence-electron chi connectivity index (χ1n) is 5.96. The number of hydrogen-bond acceptors (Lipinski definition) is 2. The number of hydrogen-bond donors (Lipinski definition) is 1. The van der Waals surface area contributed by atoms with E-state index in [1.54, 1.807) is 6.92 Å². The van der Waals surface area contributed by atoms with Gasteiger partial charge in [-0.2, -0.15) is 0 Å². The average Bonchev–Trinajstić information content (AvgIpc) is 2.65. The van der Waals surface area contributed by atoms with Crippen LogP contribution < -0.4 is 5.73 Å². The molecule has 0 aromatic carbocycles. The van der Waals surface area contributed by atoms with Crippen molar-refractivity contribution in [2.75, 3.05) is 20.1 Å². The normalized spacial score (nSPS) is 27.7. The van der Waals surface area contributed by atoms with Crippen molar-refractivity contribution in [2.45, 2.75) is 33.1 Å². The van der Waals surface area contributed by atoms with E-state index < -0.39 is 0 Å². The second-order valence-corrected chi connectivity index (χ2v) is 5.05. The second kappa shape index (κ2) is 5.50. The SMILES string of the molecule is CC(=O)N(C)CC1CCC(C(C)CN)C1. The van der Waals surface area contributed by atoms with Gasteiger partial charge in [0.15, 0.2) is 0 Å². The van der Waals surface area contributed by atoms with Gasteiger partial charge in [0.1, 0.15) is 0 Å². The molecule has 0 spiro atoms. The summed E-state index contributed by atoms with van der Waals surface area (Å²) in [5.41, 5.74) is 5.68. The van der Waals surface area contributed by atoms with Gasteiger partial charge in [-0.15, -0.1) is 0 Å². The summed E-state index contributed by atoms with van der Waals surface area (Å²) >= 11 is 0. The molecule has 0 radical (unpaired) electrons. The third-order valence-corrected chi connectivity index (χ3v) is 3.83. The Morgan fingerprint density at radius 2 is 2.20 bits per heavy atom. The average molecular weight is 212 g/mol. The Bertz CT molecular complexity index is 218. The summed E-state index contributed by atoms with van der Waals surface area (Å²) in [5, 5.41) is 0. The molecule has 0 saturated heterocycles. The van der Waals surface area contributed by atoms with E-state index in [0.29, 0.717) is 11.8 Å². The summed E-state index contributed by atoms with van der Waals surface area (Å²) in [6.45, 7) is 5.58. The summed E-state index contributed by atoms with van der Waals surface area (Å²) in [6, 6.07) is 0. The third-order valence-electron chi connectivity index (χ3n) is 3.83. The number of nitrogens with zero attached hydrogens (tertiary/aromatic N) is 1. The molecule has 0 heterocycles. The van der Waals surface area contributed by atoms with Gasteiger partial charge in [0.25, 0.3) is 0 Å². The molecule has 88 valence electrons. The molecule has 3 atom stereocenters. The Morgan fingerprint density at radius 1 is 1.53 bits per heavy atom. The zero-order valence-electron chi connectivity index (χ0n) is 10.2. The van der Waals surface area contributed by atoms with E-state index in [-0.39, 0.29) is 5.91 Å². The fraction of sp³-hybridized carbons (Fsp3) is 0.917. The van der Waals surface area contributed by atoms with Crippen molar-refractivity contribution >= 4 is 5.91 Å². The number of rotatable bonds is 4. The first-order chi connectivity index (χ1) is 7.04. The van der Waals surface area contributed by atoms with Crippen LogP contribution in [0, 0.1) is 17.8 Å². The lowest BCUT2D eigenvalue weighted by molar-refractivity contribution is -0.128. The minimum atomic E-state index is 0.172. The monoisotopic (exact) mass is 212 g/mol. The molecule has 3 nitrogen and oxygen atoms in total. The first kappa shape index (κ1) is 12.5. The minimum absolute atomic E-state index is 0.172. The van der Waals surface area contributed by atoms with Crippen LogP contribution in [0.3, 0.4) is 0 Å². The predicted molar refractivity (Wildman–Crippen MR) is 62.4 cm³/mol. The van der Waals surface area contributed by atoms with Crippen LogP contribution in [0.25, 0.3) is 0 Å². The topological polar surface area (TPSA) is 46.3 Å². The summed E-state index contributed by atoms with van der Waals surface area (Å²) in [5.74, 6) is 2.28. The summed E-state index contributed by atoms with van der Waals surface area (Å²) in [4.78, 5) is 12.9. The predicted octanol–water partition coefficient (Wildman–Crippen LogP) is 1.48. The van der Waals surface area contributed by atoms with E-state index in [1.165, 1.54) is 19.3 Å². The highest BCUT2D eigenvalue weighted by molar-refractivity contribution is 5.72. The Morgan fingerprint density at radius 3 is 2.73 bits per heavy atom. The summed E-state index contributed by atoms with van der Waals surface area (Å²) in [6.07, 6.45) is 3.79. The van der Waals surface area contributed by atoms with Gasteiger partial charge in [-0.05, 0) is 43.6 Å². The Labute approximate surface area is 93.0 Å². The highest BCUT2D eigenvalue weighted by atomic mass is 16.2. The molecule has 1 saturated carbocycles. The second-order valence-electron chi connectivity index (χ2n) is 5.05. The zero-order chi connectivity index (χ0) is 11.4. The Hall–Kier alpha value is -0.570. The summed E-state index contributed by atoms with van der Waals surface area (Å²) in [7, 11) is 1.89. The van der Waals surface area contributed by atoms with Crippen molar-refractivity contribution < 1.29 is 4.79 Å². The van der Waals surface area contributed by atoms with Crippen LogP contribution in [0.2, 0.25) is 0 Å². The Kier molecular flexibility index (Phi) is 4.58. The fourth-order valence-electron chi connectivity index (χ4n) is 2.50. The quantitative estimate of drug-likeness (QED) is 0.767. The standard InChI is InChI=1S/C12H24N2O/c1-9(7-13)12-5-4-11(6-12)8-14(3)10(2)15/h9,11-12H,4-8,13H2,1-3H3. The first-order valence-corrected chi connectivity index (χ1v) is 5.96. The molecule has 1 rings (SSSR count). The zero-order valence-corrected chi connectivity index (χ0v) is 10.2. The van der Waals surface area contributed by atoms with Crippen LogP contribution in [0.15, 0.2) is 0 Å². The van der Waals surface area contributed by atoms with Gasteiger partial charge in [0.05, 0.1) is 0 Å². The molecule has 3 heteroatoms. The van der Waals surface area contributed by atoms with E-state index >= 15 is 0 Å². The van der Waals surface area contributed by atoms with Gasteiger partial charge < -0.3 is 10.6 Å². The smallest absolute Gasteiger partial charge is 0.219 e. The molecule has 1 amide bonds. The highest BCUT2D eigenvalue weighted by Gasteiger charge is 2.28. The van der Waals surface area contributed by atoms with Crippen LogP contribution in [0.4, 0.5) is 0 Å². The largest absolute Gasteiger partial charge is 0.346 e. The van der Waals surface area contributed by atoms with Crippen molar-refractivity contribution in [3.05, 3.63) is 0 Å². The number of carbonyl (C=O) groups is 1. The minimum Gasteiger partial charge on any atom is -0.346 e. The molecule has 0 aliphatic heterocycles. The number of nitrogens with two attached hydrogens (primary N) is 1. The lowest BCUT2D eigenvalue weighted by Crippen LogP contribution is -2.29. The van der Waals surface area contributed by atoms with E-state index in [0.717, 1.165) is 19.0 Å². The van der Waals surface area contributed by atoms with E-state index in [2.05, 4.69) is 6.92 Å². The van der Waals surface area contributed by atoms with Gasteiger partial charge in [0.2, 0.25) is 5.91 Å². The summed E-state index contributed by atoms with van der Waals surface area (Å²) < 4.78 is 0. The molecule has 1 fully saturated rings. The van der Waals surface area contributed by atoms with Crippen molar-refractivity contribution in [3.8, 4) is 0 Å². The number of carbonyl (C=O) groups excluding carboxylic acids is 1. The molecule has 0 aromatic rings. The molecule has 15 heavy (non-hydrogen) atoms. The lowest BCUT2D eigenvalue weighted by atomic mass is 9.92. The van der Waals surface area contributed by atoms with Crippen LogP contribution in [-0.4, -0.2) is 30.9 Å². The highest BCUT2D eigenvalue weighted by Crippen LogP contribution is 2.35. The molecule has 0 bridgehead atoms. The molecule has 2 N–H and O–H groups in total. The van der Waals surface area contributed by atoms with Crippen LogP contribution >= 0.6 is 0 Å². The van der Waals surface area contributed by atoms with E-state index in [4.69, 9.17) is 5.73 Å². The maximum absolute atomic E-state index is 11.1. The van der Waals surface area contributed by atoms with Gasteiger partial charge in [-0.3, -0.25) is 4.79 Å². The van der Waals surface area contributed by atoms with Crippen molar-refractivity contribution in [1.82, 2.24) is 4.90 Å². The molecule has 1 aliphatic carbocycles. The molecular weight excluding hydrogens is 188 g/mol. The molecular formula is C12H24N2O. The fourth-order valence-corrected chi connectivity index (χ4v) is 2.50. The molecule has 3 unspecified atom stereocenters. The Balaban J connectivity index is 2.33. The molecule has 1 aliphatic rings. The van der Waals surface area contributed by atoms with E-state index in [1.807, 2.05) is 11.9 Å². The van der Waals surface area contributed by atoms with Crippen molar-refractivity contribution in [3.63, 3.8) is 0 Å². The third kappa shape index (κ3) is 3.49. The molecule has 0 aromatic heterocycles. The van der Waals surface area contributed by atoms with Gasteiger partial charge in [0, 0.05) is 20.5 Å². The van der Waals surface area contributed by atoms with Gasteiger partial charge >= 0.3 is 0 Å². The van der Waals surface area contributed by atoms with Gasteiger partial charge in [-0.1, -0.05) is 6.92 Å². The number of amides is 1. The van der Waals surface area contributed by atoms with E-state index in [9.17, 15) is 4.79 Å². The van der Waals surface area contributed by atoms with Crippen molar-refractivity contribution in [2.24, 2.45) is 23.5 Å². The van der Waals surface area contributed by atoms with Crippen LogP contribution in [0.1, 0.15) is 33.1 Å².